The summed E-state index contributed by atoms with van der Waals surface area (Å²) in [6.45, 7) is 8.53. The first kappa shape index (κ1) is 20.0. The molecular weight excluding hydrogens is 404 g/mol. The van der Waals surface area contributed by atoms with Crippen LogP contribution in [0.1, 0.15) is 40.6 Å². The van der Waals surface area contributed by atoms with Crippen molar-refractivity contribution in [2.75, 3.05) is 5.75 Å². The van der Waals surface area contributed by atoms with Crippen LogP contribution in [0.2, 0.25) is 5.02 Å². The van der Waals surface area contributed by atoms with E-state index < -0.39 is 0 Å². The highest BCUT2D eigenvalue weighted by molar-refractivity contribution is 7.99. The van der Waals surface area contributed by atoms with Gasteiger partial charge in [-0.3, -0.25) is 9.36 Å². The van der Waals surface area contributed by atoms with E-state index >= 15 is 0 Å². The van der Waals surface area contributed by atoms with E-state index in [0.717, 1.165) is 28.3 Å². The smallest absolute Gasteiger partial charge is 0.192 e. The van der Waals surface area contributed by atoms with Crippen molar-refractivity contribution < 1.29 is 4.79 Å². The number of hydrogen-bond acceptors (Lipinski definition) is 4. The van der Waals surface area contributed by atoms with Gasteiger partial charge < -0.3 is 4.57 Å². The maximum Gasteiger partial charge on any atom is 0.192 e. The molecule has 1 aliphatic rings. The Labute approximate surface area is 179 Å². The Balaban J connectivity index is 1.54. The molecule has 2 heterocycles. The lowest BCUT2D eigenvalue weighted by Gasteiger charge is -2.08. The highest BCUT2D eigenvalue weighted by Gasteiger charge is 2.28. The molecule has 0 aliphatic heterocycles. The molecule has 2 aromatic heterocycles. The van der Waals surface area contributed by atoms with Crippen molar-refractivity contribution in [2.45, 2.75) is 44.4 Å². The molecule has 0 spiro atoms. The normalized spacial score (nSPS) is 13.6. The number of halogens is 1. The van der Waals surface area contributed by atoms with Crippen molar-refractivity contribution in [3.63, 3.8) is 0 Å². The average molecular weight is 427 g/mol. The predicted octanol–water partition coefficient (Wildman–Crippen LogP) is 5.51. The Hall–Kier alpha value is -2.31. The molecule has 0 atom stereocenters. The van der Waals surface area contributed by atoms with Crippen LogP contribution < -0.4 is 0 Å². The number of carbonyl (C=O) groups excluding carboxylic acids is 1. The van der Waals surface area contributed by atoms with E-state index in [2.05, 4.69) is 28.3 Å². The predicted molar refractivity (Wildman–Crippen MR) is 118 cm³/mol. The van der Waals surface area contributed by atoms with Gasteiger partial charge in [0.2, 0.25) is 0 Å². The Morgan fingerprint density at radius 2 is 2.00 bits per heavy atom. The number of allylic oxidation sites excluding steroid dienone is 1. The number of Topliss-reactive ketones (excluding diaryl/α,β-unsaturated/α-hetero) is 1. The first-order valence-corrected chi connectivity index (χ1v) is 11.0. The molecule has 1 fully saturated rings. The van der Waals surface area contributed by atoms with Crippen LogP contribution >= 0.6 is 23.4 Å². The van der Waals surface area contributed by atoms with Crippen LogP contribution in [-0.4, -0.2) is 30.9 Å². The summed E-state index contributed by atoms with van der Waals surface area (Å²) in [4.78, 5) is 12.9. The van der Waals surface area contributed by atoms with E-state index in [1.54, 1.807) is 6.08 Å². The number of rotatable bonds is 8. The molecule has 150 valence electrons. The van der Waals surface area contributed by atoms with E-state index in [9.17, 15) is 4.79 Å². The molecule has 0 bridgehead atoms. The quantitative estimate of drug-likeness (QED) is 0.270. The van der Waals surface area contributed by atoms with Gasteiger partial charge in [-0.25, -0.2) is 0 Å². The third-order valence-electron chi connectivity index (χ3n) is 5.16. The van der Waals surface area contributed by atoms with Crippen LogP contribution in [0.4, 0.5) is 0 Å². The summed E-state index contributed by atoms with van der Waals surface area (Å²) in [5, 5.41) is 10.0. The van der Waals surface area contributed by atoms with E-state index in [0.29, 0.717) is 28.5 Å². The molecule has 1 aliphatic carbocycles. The van der Waals surface area contributed by atoms with Crippen LogP contribution in [0.15, 0.2) is 48.1 Å². The van der Waals surface area contributed by atoms with Gasteiger partial charge in [0, 0.05) is 40.1 Å². The van der Waals surface area contributed by atoms with Crippen molar-refractivity contribution >= 4 is 29.1 Å². The van der Waals surface area contributed by atoms with Gasteiger partial charge in [-0.15, -0.1) is 16.8 Å². The third kappa shape index (κ3) is 4.05. The molecule has 7 heteroatoms. The molecule has 5 nitrogen and oxygen atoms in total. The summed E-state index contributed by atoms with van der Waals surface area (Å²) < 4.78 is 4.28. The number of benzene rings is 1. The van der Waals surface area contributed by atoms with Crippen LogP contribution in [0, 0.1) is 13.8 Å². The molecule has 1 saturated carbocycles. The van der Waals surface area contributed by atoms with E-state index in [4.69, 9.17) is 11.6 Å². The Morgan fingerprint density at radius 3 is 2.66 bits per heavy atom. The highest BCUT2D eigenvalue weighted by atomic mass is 35.5. The summed E-state index contributed by atoms with van der Waals surface area (Å²) in [6.07, 6.45) is 4.21. The molecule has 3 aromatic rings. The van der Waals surface area contributed by atoms with Crippen molar-refractivity contribution in [1.82, 2.24) is 19.3 Å². The van der Waals surface area contributed by atoms with Crippen molar-refractivity contribution in [3.05, 3.63) is 65.0 Å². The van der Waals surface area contributed by atoms with Crippen LogP contribution in [0.25, 0.3) is 11.4 Å². The number of carbonyl (C=O) groups is 1. The van der Waals surface area contributed by atoms with E-state index in [-0.39, 0.29) is 5.78 Å². The molecule has 0 saturated heterocycles. The third-order valence-corrected chi connectivity index (χ3v) is 6.38. The molecule has 0 radical (unpaired) electrons. The molecule has 4 rings (SSSR count). The number of aryl methyl sites for hydroxylation is 1. The Morgan fingerprint density at radius 1 is 1.28 bits per heavy atom. The zero-order valence-electron chi connectivity index (χ0n) is 16.6. The lowest BCUT2D eigenvalue weighted by Crippen LogP contribution is -2.07. The zero-order chi connectivity index (χ0) is 20.5. The van der Waals surface area contributed by atoms with E-state index in [1.165, 1.54) is 24.6 Å². The average Bonchev–Trinajstić information content (AvgIpc) is 3.38. The highest BCUT2D eigenvalue weighted by Crippen LogP contribution is 2.38. The molecular formula is C22H23ClN4OS. The van der Waals surface area contributed by atoms with Gasteiger partial charge in [0.15, 0.2) is 16.8 Å². The number of thioether (sulfide) groups is 1. The Kier molecular flexibility index (Phi) is 5.65. The summed E-state index contributed by atoms with van der Waals surface area (Å²) in [7, 11) is 0. The second kappa shape index (κ2) is 8.20. The maximum absolute atomic E-state index is 12.9. The van der Waals surface area contributed by atoms with Crippen LogP contribution in [0.5, 0.6) is 0 Å². The minimum absolute atomic E-state index is 0.121. The standard InChI is InChI=1S/C22H23ClN4OS/c1-4-11-26-21(16-5-7-17(23)8-6-16)24-25-22(26)29-13-20(28)19-12-14(2)27(15(19)3)18-9-10-18/h4-8,12,18H,1,9-11,13H2,2-3H3. The summed E-state index contributed by atoms with van der Waals surface area (Å²) in [6, 6.07) is 10.1. The largest absolute Gasteiger partial charge is 0.345 e. The fourth-order valence-corrected chi connectivity index (χ4v) is 4.62. The number of ketones is 1. The summed E-state index contributed by atoms with van der Waals surface area (Å²) in [5.74, 6) is 1.19. The lowest BCUT2D eigenvalue weighted by atomic mass is 10.2. The monoisotopic (exact) mass is 426 g/mol. The molecule has 0 amide bonds. The van der Waals surface area contributed by atoms with Gasteiger partial charge in [0.25, 0.3) is 0 Å². The SMILES string of the molecule is C=CCn1c(SCC(=O)c2cc(C)n(C3CC3)c2C)nnc1-c1ccc(Cl)cc1. The fraction of sp³-hybridized carbons (Fsp3) is 0.318. The minimum atomic E-state index is 0.121. The number of aromatic nitrogens is 4. The molecule has 29 heavy (non-hydrogen) atoms. The van der Waals surface area contributed by atoms with Crippen LogP contribution in [0.3, 0.4) is 0 Å². The van der Waals surface area contributed by atoms with Gasteiger partial charge >= 0.3 is 0 Å². The van der Waals surface area contributed by atoms with Gasteiger partial charge in [0.05, 0.1) is 5.75 Å². The van der Waals surface area contributed by atoms with Crippen molar-refractivity contribution in [1.29, 1.82) is 0 Å². The topological polar surface area (TPSA) is 52.7 Å². The first-order chi connectivity index (χ1) is 14.0. The molecule has 0 N–H and O–H groups in total. The molecule has 0 unspecified atom stereocenters. The minimum Gasteiger partial charge on any atom is -0.345 e. The zero-order valence-corrected chi connectivity index (χ0v) is 18.1. The number of nitrogens with zero attached hydrogens (tertiary/aromatic N) is 4. The maximum atomic E-state index is 12.9. The fourth-order valence-electron chi connectivity index (χ4n) is 3.66. The van der Waals surface area contributed by atoms with Gasteiger partial charge in [0.1, 0.15) is 0 Å². The van der Waals surface area contributed by atoms with Crippen LogP contribution in [-0.2, 0) is 6.54 Å². The van der Waals surface area contributed by atoms with E-state index in [1.807, 2.05) is 41.8 Å². The van der Waals surface area contributed by atoms with Crippen molar-refractivity contribution in [3.8, 4) is 11.4 Å². The molecule has 1 aromatic carbocycles. The second-order valence-electron chi connectivity index (χ2n) is 7.31. The Bertz CT molecular complexity index is 1060. The van der Waals surface area contributed by atoms with Gasteiger partial charge in [-0.2, -0.15) is 0 Å². The van der Waals surface area contributed by atoms with Gasteiger partial charge in [-0.05, 0) is 57.0 Å². The lowest BCUT2D eigenvalue weighted by molar-refractivity contribution is 0.102. The number of hydrogen-bond donors (Lipinski definition) is 0. The first-order valence-electron chi connectivity index (χ1n) is 9.64. The summed E-state index contributed by atoms with van der Waals surface area (Å²) in [5.41, 5.74) is 3.98. The van der Waals surface area contributed by atoms with Crippen molar-refractivity contribution in [2.24, 2.45) is 0 Å². The summed E-state index contributed by atoms with van der Waals surface area (Å²) >= 11 is 7.41. The van der Waals surface area contributed by atoms with Gasteiger partial charge in [-0.1, -0.05) is 29.4 Å². The second-order valence-corrected chi connectivity index (χ2v) is 8.69.